The monoisotopic (exact) mass is 264 g/mol. The molecule has 18 heavy (non-hydrogen) atoms. The Hall–Kier alpha value is -1.16. The van der Waals surface area contributed by atoms with Crippen molar-refractivity contribution in [2.75, 3.05) is 0 Å². The average molecular weight is 264 g/mol. The molecule has 0 fully saturated rings. The molecule has 0 aliphatic rings. The molecule has 0 bridgehead atoms. The molecule has 2 heterocycles. The first-order chi connectivity index (χ1) is 8.29. The van der Waals surface area contributed by atoms with Crippen molar-refractivity contribution in [1.29, 1.82) is 0 Å². The van der Waals surface area contributed by atoms with Crippen LogP contribution in [0.4, 0.5) is 0 Å². The molecule has 0 N–H and O–H groups in total. The summed E-state index contributed by atoms with van der Waals surface area (Å²) in [5.74, 6) is 0.910. The van der Waals surface area contributed by atoms with Gasteiger partial charge in [-0.05, 0) is 23.0 Å². The molecule has 0 radical (unpaired) electrons. The van der Waals surface area contributed by atoms with Gasteiger partial charge >= 0.3 is 0 Å². The fraction of sp³-hybridized carbons (Fsp3) is 0.571. The van der Waals surface area contributed by atoms with Crippen LogP contribution in [0.5, 0.6) is 0 Å². The third kappa shape index (κ3) is 2.80. The van der Waals surface area contributed by atoms with Gasteiger partial charge in [0.2, 0.25) is 0 Å². The molecular formula is C14H20N2OS. The Kier molecular flexibility index (Phi) is 3.32. The predicted octanol–water partition coefficient (Wildman–Crippen LogP) is 3.95. The lowest BCUT2D eigenvalue weighted by molar-refractivity contribution is 0.313. The first-order valence-corrected chi connectivity index (χ1v) is 6.94. The molecule has 0 aliphatic heterocycles. The molecule has 0 amide bonds. The van der Waals surface area contributed by atoms with E-state index in [4.69, 9.17) is 4.52 Å². The van der Waals surface area contributed by atoms with Crippen molar-refractivity contribution in [3.05, 3.63) is 34.7 Å². The summed E-state index contributed by atoms with van der Waals surface area (Å²) in [6, 6.07) is 4.14. The van der Waals surface area contributed by atoms with Crippen molar-refractivity contribution in [2.45, 2.75) is 51.9 Å². The number of aromatic nitrogens is 2. The average Bonchev–Trinajstić information content (AvgIpc) is 2.83. The summed E-state index contributed by atoms with van der Waals surface area (Å²) in [6.07, 6.45) is 2.56. The van der Waals surface area contributed by atoms with Crippen molar-refractivity contribution in [2.24, 2.45) is 0 Å². The molecule has 0 unspecified atom stereocenters. The van der Waals surface area contributed by atoms with Gasteiger partial charge in [0.05, 0.1) is 11.9 Å². The summed E-state index contributed by atoms with van der Waals surface area (Å²) in [7, 11) is 0. The van der Waals surface area contributed by atoms with E-state index >= 15 is 0 Å². The normalized spacial score (nSPS) is 12.9. The molecule has 0 aliphatic carbocycles. The number of nitrogens with zero attached hydrogens (tertiary/aromatic N) is 2. The zero-order valence-electron chi connectivity index (χ0n) is 11.7. The van der Waals surface area contributed by atoms with Crippen molar-refractivity contribution in [1.82, 2.24) is 9.53 Å². The second-order valence-corrected chi connectivity index (χ2v) is 7.17. The molecule has 3 nitrogen and oxygen atoms in total. The third-order valence-corrected chi connectivity index (χ3v) is 4.28. The van der Waals surface area contributed by atoms with E-state index in [0.717, 1.165) is 17.9 Å². The third-order valence-electron chi connectivity index (χ3n) is 3.03. The molecule has 0 aromatic carbocycles. The zero-order valence-corrected chi connectivity index (χ0v) is 12.5. The topological polar surface area (TPSA) is 38.9 Å². The van der Waals surface area contributed by atoms with Gasteiger partial charge < -0.3 is 4.52 Å². The maximum Gasteiger partial charge on any atom is 0.142 e. The van der Waals surface area contributed by atoms with E-state index in [0.29, 0.717) is 0 Å². The maximum absolute atomic E-state index is 5.27. The first-order valence-electron chi connectivity index (χ1n) is 6.16. The van der Waals surface area contributed by atoms with Gasteiger partial charge in [0, 0.05) is 22.8 Å². The lowest BCUT2D eigenvalue weighted by atomic mass is 9.84. The summed E-state index contributed by atoms with van der Waals surface area (Å²) in [5, 5.41) is 3.78. The van der Waals surface area contributed by atoms with Crippen LogP contribution in [0, 0.1) is 0 Å². The number of hydrogen-bond donors (Lipinski definition) is 0. The van der Waals surface area contributed by atoms with Crippen LogP contribution in [0.25, 0.3) is 0 Å². The van der Waals surface area contributed by atoms with Crippen LogP contribution in [-0.2, 0) is 17.3 Å². The van der Waals surface area contributed by atoms with Gasteiger partial charge in [0.25, 0.3) is 0 Å². The molecule has 98 valence electrons. The maximum atomic E-state index is 5.27. The van der Waals surface area contributed by atoms with E-state index < -0.39 is 0 Å². The van der Waals surface area contributed by atoms with Crippen molar-refractivity contribution in [3.8, 4) is 0 Å². The molecule has 2 aromatic rings. The van der Waals surface area contributed by atoms with Crippen LogP contribution >= 0.6 is 11.5 Å². The Morgan fingerprint density at radius 1 is 1.22 bits per heavy atom. The quantitative estimate of drug-likeness (QED) is 0.842. The zero-order chi connectivity index (χ0) is 13.4. The molecule has 0 atom stereocenters. The fourth-order valence-electron chi connectivity index (χ4n) is 1.85. The van der Waals surface area contributed by atoms with E-state index in [9.17, 15) is 0 Å². The predicted molar refractivity (Wildman–Crippen MR) is 74.0 cm³/mol. The van der Waals surface area contributed by atoms with E-state index in [-0.39, 0.29) is 10.8 Å². The van der Waals surface area contributed by atoms with Crippen LogP contribution < -0.4 is 0 Å². The van der Waals surface area contributed by atoms with Gasteiger partial charge in [-0.2, -0.15) is 4.37 Å². The van der Waals surface area contributed by atoms with Crippen LogP contribution in [0.3, 0.4) is 0 Å². The van der Waals surface area contributed by atoms with E-state index in [1.54, 1.807) is 17.7 Å². The SMILES string of the molecule is CC(C)(C)c1cc(CC(C)(C)c2ccno2)ns1. The van der Waals surface area contributed by atoms with Crippen LogP contribution in [0.2, 0.25) is 0 Å². The molecule has 0 saturated carbocycles. The summed E-state index contributed by atoms with van der Waals surface area (Å²) in [4.78, 5) is 1.32. The Bertz CT molecular complexity index is 506. The summed E-state index contributed by atoms with van der Waals surface area (Å²) >= 11 is 1.60. The summed E-state index contributed by atoms with van der Waals surface area (Å²) < 4.78 is 9.83. The molecular weight excluding hydrogens is 244 g/mol. The Morgan fingerprint density at radius 3 is 2.44 bits per heavy atom. The number of hydrogen-bond acceptors (Lipinski definition) is 4. The number of rotatable bonds is 3. The van der Waals surface area contributed by atoms with E-state index in [2.05, 4.69) is 50.2 Å². The highest BCUT2D eigenvalue weighted by Gasteiger charge is 2.27. The fourth-order valence-corrected chi connectivity index (χ4v) is 2.65. The minimum atomic E-state index is -0.0697. The smallest absolute Gasteiger partial charge is 0.142 e. The minimum Gasteiger partial charge on any atom is -0.361 e. The summed E-state index contributed by atoms with van der Waals surface area (Å²) in [5.41, 5.74) is 1.23. The molecule has 2 rings (SSSR count). The van der Waals surface area contributed by atoms with Crippen molar-refractivity contribution in [3.63, 3.8) is 0 Å². The second kappa shape index (κ2) is 4.50. The Morgan fingerprint density at radius 2 is 1.94 bits per heavy atom. The molecule has 2 aromatic heterocycles. The Labute approximate surface area is 112 Å². The van der Waals surface area contributed by atoms with Crippen molar-refractivity contribution >= 4 is 11.5 Å². The first kappa shape index (κ1) is 13.3. The van der Waals surface area contributed by atoms with E-state index in [1.807, 2.05) is 6.07 Å². The summed E-state index contributed by atoms with van der Waals surface area (Å²) in [6.45, 7) is 11.0. The standard InChI is InChI=1S/C14H20N2OS/c1-13(2,3)12-8-10(16-18-12)9-14(4,5)11-6-7-15-17-11/h6-8H,9H2,1-5H3. The highest BCUT2D eigenvalue weighted by atomic mass is 32.1. The second-order valence-electron chi connectivity index (χ2n) is 6.37. The van der Waals surface area contributed by atoms with Gasteiger partial charge in [0.15, 0.2) is 0 Å². The lowest BCUT2D eigenvalue weighted by Crippen LogP contribution is -2.20. The van der Waals surface area contributed by atoms with Gasteiger partial charge in [0.1, 0.15) is 5.76 Å². The largest absolute Gasteiger partial charge is 0.361 e. The van der Waals surface area contributed by atoms with Crippen LogP contribution in [0.1, 0.15) is 51.0 Å². The lowest BCUT2D eigenvalue weighted by Gasteiger charge is -2.19. The Balaban J connectivity index is 2.17. The highest BCUT2D eigenvalue weighted by molar-refractivity contribution is 7.06. The van der Waals surface area contributed by atoms with Gasteiger partial charge in [-0.1, -0.05) is 39.8 Å². The van der Waals surface area contributed by atoms with Gasteiger partial charge in [-0.3, -0.25) is 0 Å². The van der Waals surface area contributed by atoms with Crippen molar-refractivity contribution < 1.29 is 4.52 Å². The highest BCUT2D eigenvalue weighted by Crippen LogP contribution is 2.31. The molecule has 4 heteroatoms. The van der Waals surface area contributed by atoms with Gasteiger partial charge in [-0.25, -0.2) is 0 Å². The van der Waals surface area contributed by atoms with E-state index in [1.165, 1.54) is 4.88 Å². The van der Waals surface area contributed by atoms with Crippen LogP contribution in [-0.4, -0.2) is 9.53 Å². The van der Waals surface area contributed by atoms with Gasteiger partial charge in [-0.15, -0.1) is 0 Å². The van der Waals surface area contributed by atoms with Crippen LogP contribution in [0.15, 0.2) is 22.9 Å². The molecule has 0 spiro atoms. The molecule has 0 saturated heterocycles. The minimum absolute atomic E-state index is 0.0697.